The van der Waals surface area contributed by atoms with Gasteiger partial charge in [0, 0.05) is 10.0 Å². The molecule has 0 fully saturated rings. The molecule has 1 aromatic rings. The van der Waals surface area contributed by atoms with Crippen LogP contribution in [0.1, 0.15) is 11.6 Å². The van der Waals surface area contributed by atoms with Crippen LogP contribution in [-0.2, 0) is 0 Å². The molecule has 1 nitrogen and oxygen atoms in total. The molecular weight excluding hydrogens is 247 g/mol. The van der Waals surface area contributed by atoms with Crippen LogP contribution in [0.5, 0.6) is 0 Å². The maximum absolute atomic E-state index is 12.2. The Morgan fingerprint density at radius 1 is 1.31 bits per heavy atom. The molecule has 13 heavy (non-hydrogen) atoms. The summed E-state index contributed by atoms with van der Waals surface area (Å²) in [6.45, 7) is 0. The fourth-order valence-electron chi connectivity index (χ4n) is 0.912. The minimum Gasteiger partial charge on any atom is -0.344 e. The summed E-state index contributed by atoms with van der Waals surface area (Å²) >= 11 is 3.10. The molecular formula is C8H8BrF3N+. The number of benzene rings is 1. The van der Waals surface area contributed by atoms with Crippen molar-refractivity contribution in [3.8, 4) is 0 Å². The zero-order valence-electron chi connectivity index (χ0n) is 6.61. The van der Waals surface area contributed by atoms with E-state index in [2.05, 4.69) is 21.7 Å². The standard InChI is InChI=1S/C8H7BrF3N/c9-6-3-1-2-5(4-6)7(13)8(10,11)12/h1-4,7H,13H2/p+1/t7-/m1/s1. The van der Waals surface area contributed by atoms with Crippen LogP contribution in [-0.4, -0.2) is 6.18 Å². The lowest BCUT2D eigenvalue weighted by Crippen LogP contribution is -2.60. The number of alkyl halides is 3. The third-order valence-corrected chi connectivity index (χ3v) is 2.14. The molecule has 0 amide bonds. The second kappa shape index (κ2) is 3.67. The first-order chi connectivity index (χ1) is 5.91. The van der Waals surface area contributed by atoms with Crippen LogP contribution in [0.3, 0.4) is 0 Å². The maximum Gasteiger partial charge on any atom is 0.445 e. The third-order valence-electron chi connectivity index (χ3n) is 1.65. The van der Waals surface area contributed by atoms with Crippen LogP contribution in [0.25, 0.3) is 0 Å². The predicted octanol–water partition coefficient (Wildman–Crippen LogP) is 2.29. The number of halogens is 4. The van der Waals surface area contributed by atoms with E-state index in [1.165, 1.54) is 12.1 Å². The first-order valence-electron chi connectivity index (χ1n) is 3.56. The van der Waals surface area contributed by atoms with Gasteiger partial charge in [-0.3, -0.25) is 0 Å². The van der Waals surface area contributed by atoms with Gasteiger partial charge in [0.1, 0.15) is 0 Å². The molecule has 0 heterocycles. The van der Waals surface area contributed by atoms with Gasteiger partial charge in [0.25, 0.3) is 0 Å². The molecule has 0 aromatic heterocycles. The van der Waals surface area contributed by atoms with Gasteiger partial charge in [-0.25, -0.2) is 0 Å². The van der Waals surface area contributed by atoms with Gasteiger partial charge >= 0.3 is 6.18 Å². The first-order valence-corrected chi connectivity index (χ1v) is 4.36. The molecule has 0 radical (unpaired) electrons. The highest BCUT2D eigenvalue weighted by Crippen LogP contribution is 2.29. The summed E-state index contributed by atoms with van der Waals surface area (Å²) in [6, 6.07) is 4.40. The van der Waals surface area contributed by atoms with E-state index in [4.69, 9.17) is 0 Å². The largest absolute Gasteiger partial charge is 0.445 e. The summed E-state index contributed by atoms with van der Waals surface area (Å²) in [5.74, 6) is 0. The number of quaternary nitrogens is 1. The monoisotopic (exact) mass is 254 g/mol. The molecule has 0 bridgehead atoms. The lowest BCUT2D eigenvalue weighted by molar-refractivity contribution is -0.488. The van der Waals surface area contributed by atoms with E-state index in [9.17, 15) is 13.2 Å². The van der Waals surface area contributed by atoms with Gasteiger partial charge in [0.2, 0.25) is 6.04 Å². The molecule has 0 spiro atoms. The van der Waals surface area contributed by atoms with Crippen molar-refractivity contribution in [2.45, 2.75) is 12.2 Å². The van der Waals surface area contributed by atoms with Crippen molar-refractivity contribution in [3.05, 3.63) is 34.3 Å². The summed E-state index contributed by atoms with van der Waals surface area (Å²) < 4.78 is 37.2. The van der Waals surface area contributed by atoms with Crippen LogP contribution in [0, 0.1) is 0 Å². The molecule has 0 saturated carbocycles. The Morgan fingerprint density at radius 2 is 1.92 bits per heavy atom. The smallest absolute Gasteiger partial charge is 0.344 e. The minimum atomic E-state index is -4.28. The van der Waals surface area contributed by atoms with Crippen molar-refractivity contribution in [3.63, 3.8) is 0 Å². The predicted molar refractivity (Wildman–Crippen MR) is 45.8 cm³/mol. The van der Waals surface area contributed by atoms with Crippen molar-refractivity contribution >= 4 is 15.9 Å². The Kier molecular flexibility index (Phi) is 2.98. The lowest BCUT2D eigenvalue weighted by atomic mass is 10.1. The van der Waals surface area contributed by atoms with Crippen molar-refractivity contribution < 1.29 is 18.9 Å². The Hall–Kier alpha value is -0.550. The van der Waals surface area contributed by atoms with Crippen molar-refractivity contribution in [1.29, 1.82) is 0 Å². The van der Waals surface area contributed by atoms with E-state index in [-0.39, 0.29) is 5.56 Å². The maximum atomic E-state index is 12.2. The SMILES string of the molecule is [NH3+][C@H](c1cccc(Br)c1)C(F)(F)F. The van der Waals surface area contributed by atoms with Crippen LogP contribution in [0.15, 0.2) is 28.7 Å². The number of rotatable bonds is 1. The van der Waals surface area contributed by atoms with Gasteiger partial charge in [0.05, 0.1) is 0 Å². The summed E-state index contributed by atoms with van der Waals surface area (Å²) in [7, 11) is 0. The van der Waals surface area contributed by atoms with Gasteiger partial charge in [0.15, 0.2) is 0 Å². The highest BCUT2D eigenvalue weighted by molar-refractivity contribution is 9.10. The highest BCUT2D eigenvalue weighted by atomic mass is 79.9. The number of hydrogen-bond acceptors (Lipinski definition) is 0. The molecule has 72 valence electrons. The zero-order valence-corrected chi connectivity index (χ0v) is 8.19. The summed E-state index contributed by atoms with van der Waals surface area (Å²) in [5, 5.41) is 0. The van der Waals surface area contributed by atoms with Gasteiger partial charge in [-0.1, -0.05) is 28.1 Å². The molecule has 1 atom stereocenters. The van der Waals surface area contributed by atoms with Gasteiger partial charge in [-0.05, 0) is 12.1 Å². The second-order valence-corrected chi connectivity index (χ2v) is 3.56. The minimum absolute atomic E-state index is 0.168. The van der Waals surface area contributed by atoms with Crippen molar-refractivity contribution in [1.82, 2.24) is 0 Å². The summed E-state index contributed by atoms with van der Waals surface area (Å²) in [5.41, 5.74) is 3.24. The molecule has 0 saturated heterocycles. The average molecular weight is 255 g/mol. The van der Waals surface area contributed by atoms with Crippen LogP contribution in [0.2, 0.25) is 0 Å². The van der Waals surface area contributed by atoms with Crippen LogP contribution < -0.4 is 5.73 Å². The number of hydrogen-bond donors (Lipinski definition) is 1. The van der Waals surface area contributed by atoms with E-state index >= 15 is 0 Å². The topological polar surface area (TPSA) is 27.6 Å². The Morgan fingerprint density at radius 3 is 2.38 bits per heavy atom. The first kappa shape index (κ1) is 10.5. The third kappa shape index (κ3) is 2.70. The van der Waals surface area contributed by atoms with Gasteiger partial charge < -0.3 is 5.73 Å². The molecule has 1 rings (SSSR count). The fraction of sp³-hybridized carbons (Fsp3) is 0.250. The molecule has 3 N–H and O–H groups in total. The lowest BCUT2D eigenvalue weighted by Gasteiger charge is -2.12. The van der Waals surface area contributed by atoms with E-state index in [1.54, 1.807) is 12.1 Å². The summed E-state index contributed by atoms with van der Waals surface area (Å²) in [4.78, 5) is 0. The average Bonchev–Trinajstić information content (AvgIpc) is 2.01. The molecule has 0 aliphatic heterocycles. The van der Waals surface area contributed by atoms with E-state index in [0.29, 0.717) is 4.47 Å². The van der Waals surface area contributed by atoms with Crippen LogP contribution in [0.4, 0.5) is 13.2 Å². The molecule has 0 aliphatic rings. The zero-order chi connectivity index (χ0) is 10.1. The van der Waals surface area contributed by atoms with E-state index in [0.717, 1.165) is 0 Å². The van der Waals surface area contributed by atoms with Gasteiger partial charge in [-0.2, -0.15) is 13.2 Å². The quantitative estimate of drug-likeness (QED) is 0.797. The van der Waals surface area contributed by atoms with E-state index < -0.39 is 12.2 Å². The molecule has 0 unspecified atom stereocenters. The Balaban J connectivity index is 2.96. The highest BCUT2D eigenvalue weighted by Gasteiger charge is 2.41. The Bertz CT molecular complexity index is 298. The van der Waals surface area contributed by atoms with Crippen molar-refractivity contribution in [2.24, 2.45) is 0 Å². The van der Waals surface area contributed by atoms with Crippen LogP contribution >= 0.6 is 15.9 Å². The second-order valence-electron chi connectivity index (χ2n) is 2.65. The van der Waals surface area contributed by atoms with Gasteiger partial charge in [-0.15, -0.1) is 0 Å². The molecule has 5 heteroatoms. The van der Waals surface area contributed by atoms with E-state index in [1.807, 2.05) is 0 Å². The summed E-state index contributed by atoms with van der Waals surface area (Å²) in [6.07, 6.45) is -4.28. The normalized spacial score (nSPS) is 14.2. The fourth-order valence-corrected chi connectivity index (χ4v) is 1.33. The van der Waals surface area contributed by atoms with Crippen molar-refractivity contribution in [2.75, 3.05) is 0 Å². The molecule has 0 aliphatic carbocycles. The molecule has 1 aromatic carbocycles. The Labute approximate surface area is 81.9 Å².